The molecule has 0 atom stereocenters. The molecule has 1 aliphatic rings. The number of hydrogen-bond acceptors (Lipinski definition) is 5. The molecule has 0 N–H and O–H groups in total. The SMILES string of the molecule is O=C(CSc1nnc(Cc2cccs2)n1CCc1ccccc1)N1CCc2ccccc21. The first kappa shape index (κ1) is 21.0. The number of nitrogens with zero attached hydrogens (tertiary/aromatic N) is 4. The third kappa shape index (κ3) is 4.64. The zero-order chi connectivity index (χ0) is 21.8. The van der Waals surface area contributed by atoms with Crippen molar-refractivity contribution in [2.75, 3.05) is 17.2 Å². The monoisotopic (exact) mass is 460 g/mol. The van der Waals surface area contributed by atoms with Gasteiger partial charge in [-0.05, 0) is 41.5 Å². The van der Waals surface area contributed by atoms with Gasteiger partial charge in [0.15, 0.2) is 5.16 Å². The Kier molecular flexibility index (Phi) is 6.36. The maximum absolute atomic E-state index is 13.0. The standard InChI is InChI=1S/C25H24N4OS2/c30-24(28-15-13-20-9-4-5-11-22(20)28)18-32-25-27-26-23(17-21-10-6-16-31-21)29(25)14-12-19-7-2-1-3-8-19/h1-11,16H,12-15,17-18H2. The Hall–Kier alpha value is -2.90. The molecule has 0 fully saturated rings. The summed E-state index contributed by atoms with van der Waals surface area (Å²) in [5, 5.41) is 11.8. The van der Waals surface area contributed by atoms with E-state index in [0.717, 1.165) is 49.0 Å². The molecule has 162 valence electrons. The number of benzene rings is 2. The minimum absolute atomic E-state index is 0.123. The molecule has 0 saturated heterocycles. The number of carbonyl (C=O) groups is 1. The van der Waals surface area contributed by atoms with Crippen LogP contribution in [-0.2, 0) is 30.6 Å². The van der Waals surface area contributed by atoms with Crippen molar-refractivity contribution in [3.05, 3.63) is 93.9 Å². The van der Waals surface area contributed by atoms with E-state index in [1.54, 1.807) is 11.3 Å². The second-order valence-corrected chi connectivity index (χ2v) is 9.73. The summed E-state index contributed by atoms with van der Waals surface area (Å²) in [5.74, 6) is 1.43. The Morgan fingerprint density at radius 1 is 1.00 bits per heavy atom. The molecule has 0 saturated carbocycles. The highest BCUT2D eigenvalue weighted by Crippen LogP contribution is 2.29. The van der Waals surface area contributed by atoms with Gasteiger partial charge in [-0.15, -0.1) is 21.5 Å². The lowest BCUT2D eigenvalue weighted by Crippen LogP contribution is -2.30. The Balaban J connectivity index is 1.31. The van der Waals surface area contributed by atoms with Gasteiger partial charge in [0.1, 0.15) is 5.82 Å². The molecule has 0 aliphatic carbocycles. The molecule has 0 bridgehead atoms. The average Bonchev–Trinajstić information content (AvgIpc) is 3.57. The fraction of sp³-hybridized carbons (Fsp3) is 0.240. The average molecular weight is 461 g/mol. The number of rotatable bonds is 8. The predicted octanol–water partition coefficient (Wildman–Crippen LogP) is 4.85. The number of fused-ring (bicyclic) bond motifs is 1. The number of hydrogen-bond donors (Lipinski definition) is 0. The van der Waals surface area contributed by atoms with Crippen LogP contribution in [0.1, 0.15) is 21.8 Å². The maximum atomic E-state index is 13.0. The van der Waals surface area contributed by atoms with Gasteiger partial charge in [-0.1, -0.05) is 66.4 Å². The zero-order valence-electron chi connectivity index (χ0n) is 17.7. The highest BCUT2D eigenvalue weighted by atomic mass is 32.2. The molecule has 0 unspecified atom stereocenters. The van der Waals surface area contributed by atoms with Crippen molar-refractivity contribution in [2.45, 2.75) is 31.0 Å². The van der Waals surface area contributed by atoms with E-state index < -0.39 is 0 Å². The number of thiophene rings is 1. The van der Waals surface area contributed by atoms with Crippen LogP contribution in [-0.4, -0.2) is 33.0 Å². The van der Waals surface area contributed by atoms with E-state index in [2.05, 4.69) is 62.6 Å². The number of amides is 1. The van der Waals surface area contributed by atoms with Crippen LogP contribution >= 0.6 is 23.1 Å². The second kappa shape index (κ2) is 9.71. The number of aromatic nitrogens is 3. The van der Waals surface area contributed by atoms with Crippen molar-refractivity contribution in [3.63, 3.8) is 0 Å². The molecule has 4 aromatic rings. The number of carbonyl (C=O) groups excluding carboxylic acids is 1. The van der Waals surface area contributed by atoms with Gasteiger partial charge in [0.2, 0.25) is 5.91 Å². The van der Waals surface area contributed by atoms with Gasteiger partial charge in [0.25, 0.3) is 0 Å². The zero-order valence-corrected chi connectivity index (χ0v) is 19.3. The van der Waals surface area contributed by atoms with Crippen molar-refractivity contribution in [1.82, 2.24) is 14.8 Å². The van der Waals surface area contributed by atoms with Crippen molar-refractivity contribution >= 4 is 34.7 Å². The first-order chi connectivity index (χ1) is 15.8. The molecule has 3 heterocycles. The molecule has 1 amide bonds. The Morgan fingerprint density at radius 2 is 1.84 bits per heavy atom. The summed E-state index contributed by atoms with van der Waals surface area (Å²) in [4.78, 5) is 16.2. The van der Waals surface area contributed by atoms with Gasteiger partial charge in [0.05, 0.1) is 5.75 Å². The molecule has 0 spiro atoms. The summed E-state index contributed by atoms with van der Waals surface area (Å²) in [6.45, 7) is 1.55. The van der Waals surface area contributed by atoms with E-state index in [4.69, 9.17) is 0 Å². The number of anilines is 1. The minimum Gasteiger partial charge on any atom is -0.311 e. The molecule has 7 heteroatoms. The van der Waals surface area contributed by atoms with Crippen molar-refractivity contribution < 1.29 is 4.79 Å². The van der Waals surface area contributed by atoms with Crippen LogP contribution in [0.3, 0.4) is 0 Å². The summed E-state index contributed by atoms with van der Waals surface area (Å²) in [7, 11) is 0. The first-order valence-corrected chi connectivity index (χ1v) is 12.6. The fourth-order valence-electron chi connectivity index (χ4n) is 4.04. The minimum atomic E-state index is 0.123. The molecule has 1 aliphatic heterocycles. The van der Waals surface area contributed by atoms with Gasteiger partial charge in [-0.2, -0.15) is 0 Å². The van der Waals surface area contributed by atoms with Crippen LogP contribution in [0.5, 0.6) is 0 Å². The lowest BCUT2D eigenvalue weighted by Gasteiger charge is -2.17. The number of aryl methyl sites for hydroxylation is 1. The van der Waals surface area contributed by atoms with E-state index in [1.807, 2.05) is 29.2 Å². The molecule has 5 rings (SSSR count). The van der Waals surface area contributed by atoms with Crippen molar-refractivity contribution in [3.8, 4) is 0 Å². The summed E-state index contributed by atoms with van der Waals surface area (Å²) in [6.07, 6.45) is 2.58. The molecule has 2 aromatic heterocycles. The van der Waals surface area contributed by atoms with Crippen LogP contribution in [0, 0.1) is 0 Å². The Morgan fingerprint density at radius 3 is 2.69 bits per heavy atom. The summed E-state index contributed by atoms with van der Waals surface area (Å²) < 4.78 is 2.18. The highest BCUT2D eigenvalue weighted by molar-refractivity contribution is 7.99. The van der Waals surface area contributed by atoms with Crippen LogP contribution in [0.25, 0.3) is 0 Å². The maximum Gasteiger partial charge on any atom is 0.237 e. The highest BCUT2D eigenvalue weighted by Gasteiger charge is 2.25. The second-order valence-electron chi connectivity index (χ2n) is 7.75. The summed E-state index contributed by atoms with van der Waals surface area (Å²) >= 11 is 3.22. The lowest BCUT2D eigenvalue weighted by atomic mass is 10.1. The topological polar surface area (TPSA) is 51.0 Å². The van der Waals surface area contributed by atoms with Crippen LogP contribution in [0.15, 0.2) is 77.3 Å². The fourth-order valence-corrected chi connectivity index (χ4v) is 5.60. The molecule has 0 radical (unpaired) electrons. The Labute approximate surface area is 196 Å². The predicted molar refractivity (Wildman–Crippen MR) is 131 cm³/mol. The van der Waals surface area contributed by atoms with Gasteiger partial charge in [-0.25, -0.2) is 0 Å². The van der Waals surface area contributed by atoms with Gasteiger partial charge in [-0.3, -0.25) is 4.79 Å². The van der Waals surface area contributed by atoms with Gasteiger partial charge >= 0.3 is 0 Å². The Bertz CT molecular complexity index is 1190. The van der Waals surface area contributed by atoms with Gasteiger partial charge in [0, 0.05) is 30.1 Å². The van der Waals surface area contributed by atoms with Crippen molar-refractivity contribution in [2.24, 2.45) is 0 Å². The lowest BCUT2D eigenvalue weighted by molar-refractivity contribution is -0.116. The van der Waals surface area contributed by atoms with E-state index >= 15 is 0 Å². The molecule has 32 heavy (non-hydrogen) atoms. The van der Waals surface area contributed by atoms with Crippen LogP contribution in [0.4, 0.5) is 5.69 Å². The molecule has 5 nitrogen and oxygen atoms in total. The third-order valence-electron chi connectivity index (χ3n) is 5.69. The number of thioether (sulfide) groups is 1. The third-order valence-corrected chi connectivity index (χ3v) is 7.51. The van der Waals surface area contributed by atoms with E-state index in [1.165, 1.54) is 27.8 Å². The van der Waals surface area contributed by atoms with E-state index in [-0.39, 0.29) is 5.91 Å². The number of para-hydroxylation sites is 1. The van der Waals surface area contributed by atoms with E-state index in [0.29, 0.717) is 5.75 Å². The summed E-state index contributed by atoms with van der Waals surface area (Å²) in [6, 6.07) is 22.8. The molecular weight excluding hydrogens is 436 g/mol. The quantitative estimate of drug-likeness (QED) is 0.353. The van der Waals surface area contributed by atoms with E-state index in [9.17, 15) is 4.79 Å². The summed E-state index contributed by atoms with van der Waals surface area (Å²) in [5.41, 5.74) is 3.57. The molecule has 2 aromatic carbocycles. The largest absolute Gasteiger partial charge is 0.311 e. The van der Waals surface area contributed by atoms with Crippen LogP contribution in [0.2, 0.25) is 0 Å². The normalized spacial score (nSPS) is 12.8. The van der Waals surface area contributed by atoms with Gasteiger partial charge < -0.3 is 9.47 Å². The van der Waals surface area contributed by atoms with Crippen molar-refractivity contribution in [1.29, 1.82) is 0 Å². The van der Waals surface area contributed by atoms with Crippen LogP contribution < -0.4 is 4.90 Å². The smallest absolute Gasteiger partial charge is 0.237 e. The first-order valence-electron chi connectivity index (χ1n) is 10.8. The molecular formula is C25H24N4OS2.